The van der Waals surface area contributed by atoms with Crippen LogP contribution in [0, 0.1) is 0 Å². The molecule has 3 rings (SSSR count). The van der Waals surface area contributed by atoms with E-state index >= 15 is 0 Å². The molecule has 0 atom stereocenters. The fraction of sp³-hybridized carbons (Fsp3) is 0.542. The molecule has 2 amide bonds. The molecule has 1 aromatic rings. The number of nitrogens with zero attached hydrogens (tertiary/aromatic N) is 2. The lowest BCUT2D eigenvalue weighted by molar-refractivity contribution is -0.136. The number of nitrogens with one attached hydrogen (secondary N) is 2. The number of rotatable bonds is 7. The molecule has 2 heterocycles. The van der Waals surface area contributed by atoms with Gasteiger partial charge in [-0.2, -0.15) is 0 Å². The molecule has 2 aliphatic rings. The number of ether oxygens (including phenoxy) is 2. The van der Waals surface area contributed by atoms with Gasteiger partial charge < -0.3 is 35.0 Å². The quantitative estimate of drug-likeness (QED) is 0.441. The first kappa shape index (κ1) is 26.8. The van der Waals surface area contributed by atoms with Crippen molar-refractivity contribution in [3.63, 3.8) is 0 Å². The smallest absolute Gasteiger partial charge is 0.410 e. The molecule has 0 saturated carbocycles. The van der Waals surface area contributed by atoms with E-state index in [4.69, 9.17) is 9.47 Å². The average molecular weight is 553 g/mol. The van der Waals surface area contributed by atoms with Gasteiger partial charge in [0.25, 0.3) is 5.91 Å². The van der Waals surface area contributed by atoms with Crippen molar-refractivity contribution in [2.24, 2.45) is 0 Å². The highest BCUT2D eigenvalue weighted by atomic mass is 79.9. The van der Waals surface area contributed by atoms with Crippen molar-refractivity contribution < 1.29 is 29.0 Å². The first-order valence-electron chi connectivity index (χ1n) is 11.5. The molecule has 3 N–H and O–H groups in total. The van der Waals surface area contributed by atoms with E-state index in [1.54, 1.807) is 4.90 Å². The monoisotopic (exact) mass is 552 g/mol. The molecule has 2 aliphatic heterocycles. The molecule has 0 bridgehead atoms. The van der Waals surface area contributed by atoms with Gasteiger partial charge in [0.05, 0.1) is 37.2 Å². The molecule has 35 heavy (non-hydrogen) atoms. The summed E-state index contributed by atoms with van der Waals surface area (Å²) in [6.45, 7) is 6.65. The number of hydrogen-bond acceptors (Lipinski definition) is 8. The zero-order chi connectivity index (χ0) is 25.8. The van der Waals surface area contributed by atoms with E-state index in [-0.39, 0.29) is 49.0 Å². The lowest BCUT2D eigenvalue weighted by Crippen LogP contribution is -2.44. The number of hydrogen-bond donors (Lipinski definition) is 3. The average Bonchev–Trinajstić information content (AvgIpc) is 3.10. The lowest BCUT2D eigenvalue weighted by atomic mass is 10.0. The second-order valence-corrected chi connectivity index (χ2v) is 10.4. The summed E-state index contributed by atoms with van der Waals surface area (Å²) in [5.74, 6) is -0.976. The van der Waals surface area contributed by atoms with Gasteiger partial charge in [-0.05, 0) is 51.8 Å². The number of halogens is 1. The minimum absolute atomic E-state index is 0.0638. The number of carbonyl (C=O) groups excluding carboxylic acids is 3. The number of aliphatic hydroxyl groups excluding tert-OH is 1. The summed E-state index contributed by atoms with van der Waals surface area (Å²) in [6, 6.07) is 5.69. The summed E-state index contributed by atoms with van der Waals surface area (Å²) < 4.78 is 11.1. The molecule has 1 fully saturated rings. The highest BCUT2D eigenvalue weighted by Gasteiger charge is 2.35. The Labute approximate surface area is 213 Å². The van der Waals surface area contributed by atoms with Crippen LogP contribution in [0.15, 0.2) is 33.9 Å². The maximum Gasteiger partial charge on any atom is 0.410 e. The van der Waals surface area contributed by atoms with E-state index in [1.807, 2.05) is 39.0 Å². The Bertz CT molecular complexity index is 998. The topological polar surface area (TPSA) is 120 Å². The maximum atomic E-state index is 12.9. The van der Waals surface area contributed by atoms with E-state index in [9.17, 15) is 19.5 Å². The van der Waals surface area contributed by atoms with Crippen molar-refractivity contribution in [1.29, 1.82) is 0 Å². The van der Waals surface area contributed by atoms with E-state index in [1.165, 1.54) is 12.0 Å². The molecule has 0 unspecified atom stereocenters. The number of carbonyl (C=O) groups is 3. The predicted molar refractivity (Wildman–Crippen MR) is 135 cm³/mol. The third-order valence-electron chi connectivity index (χ3n) is 5.70. The van der Waals surface area contributed by atoms with E-state index < -0.39 is 11.6 Å². The van der Waals surface area contributed by atoms with E-state index in [2.05, 4.69) is 26.6 Å². The summed E-state index contributed by atoms with van der Waals surface area (Å²) in [7, 11) is 1.27. The Morgan fingerprint density at radius 3 is 2.49 bits per heavy atom. The van der Waals surface area contributed by atoms with Gasteiger partial charge in [0, 0.05) is 30.1 Å². The van der Waals surface area contributed by atoms with Crippen molar-refractivity contribution in [2.75, 3.05) is 50.5 Å². The summed E-state index contributed by atoms with van der Waals surface area (Å²) >= 11 is 3.47. The van der Waals surface area contributed by atoms with E-state index in [0.29, 0.717) is 18.8 Å². The zero-order valence-corrected chi connectivity index (χ0v) is 22.1. The first-order chi connectivity index (χ1) is 16.5. The Balaban J connectivity index is 1.74. The molecule has 0 spiro atoms. The Hall–Kier alpha value is -2.79. The highest BCUT2D eigenvalue weighted by molar-refractivity contribution is 9.10. The summed E-state index contributed by atoms with van der Waals surface area (Å²) in [6.07, 6.45) is 1.15. The molecule has 1 saturated heterocycles. The van der Waals surface area contributed by atoms with Crippen molar-refractivity contribution >= 4 is 45.3 Å². The molecular weight excluding hydrogens is 520 g/mol. The van der Waals surface area contributed by atoms with Crippen LogP contribution in [0.5, 0.6) is 0 Å². The number of benzene rings is 1. The standard InChI is InChI=1S/C24H33BrN4O6/c1-24(2,3)35-23(33)28-9-7-16(8-10-28)26-18-6-5-15(25)13-19(18)27-20-17(22(32)34-4)14-29(11-12-30)21(20)31/h5-6,13,16,26-27,30H,7-12,14H2,1-4H3. The van der Waals surface area contributed by atoms with Gasteiger partial charge >= 0.3 is 12.1 Å². The molecule has 1 aromatic carbocycles. The van der Waals surface area contributed by atoms with Crippen LogP contribution in [-0.2, 0) is 19.1 Å². The number of methoxy groups -OCH3 is 1. The van der Waals surface area contributed by atoms with Crippen LogP contribution in [0.2, 0.25) is 0 Å². The molecule has 192 valence electrons. The van der Waals surface area contributed by atoms with Gasteiger partial charge in [0.2, 0.25) is 0 Å². The van der Waals surface area contributed by atoms with E-state index in [0.717, 1.165) is 23.0 Å². The van der Waals surface area contributed by atoms with Crippen LogP contribution >= 0.6 is 15.9 Å². The summed E-state index contributed by atoms with van der Waals surface area (Å²) in [4.78, 5) is 40.7. The largest absolute Gasteiger partial charge is 0.466 e. The second-order valence-electron chi connectivity index (χ2n) is 9.50. The van der Waals surface area contributed by atoms with Crippen LogP contribution < -0.4 is 10.6 Å². The van der Waals surface area contributed by atoms with Crippen LogP contribution in [0.4, 0.5) is 16.2 Å². The van der Waals surface area contributed by atoms with Crippen LogP contribution in [-0.4, -0.2) is 84.4 Å². The minimum atomic E-state index is -0.597. The summed E-state index contributed by atoms with van der Waals surface area (Å²) in [5, 5.41) is 15.9. The highest BCUT2D eigenvalue weighted by Crippen LogP contribution is 2.32. The van der Waals surface area contributed by atoms with Gasteiger partial charge in [-0.1, -0.05) is 15.9 Å². The van der Waals surface area contributed by atoms with Gasteiger partial charge in [0.1, 0.15) is 11.3 Å². The van der Waals surface area contributed by atoms with Gasteiger partial charge in [-0.3, -0.25) is 4.79 Å². The van der Waals surface area contributed by atoms with Crippen LogP contribution in [0.3, 0.4) is 0 Å². The molecule has 0 aromatic heterocycles. The third-order valence-corrected chi connectivity index (χ3v) is 6.19. The number of amides is 2. The molecule has 0 aliphatic carbocycles. The summed E-state index contributed by atoms with van der Waals surface area (Å²) in [5.41, 5.74) is 1.18. The van der Waals surface area contributed by atoms with Crippen LogP contribution in [0.25, 0.3) is 0 Å². The second kappa shape index (κ2) is 11.3. The number of likely N-dealkylation sites (tertiary alicyclic amines) is 1. The third kappa shape index (κ3) is 6.88. The van der Waals surface area contributed by atoms with Crippen molar-refractivity contribution in [2.45, 2.75) is 45.3 Å². The van der Waals surface area contributed by atoms with Crippen molar-refractivity contribution in [1.82, 2.24) is 9.80 Å². The fourth-order valence-corrected chi connectivity index (χ4v) is 4.34. The first-order valence-corrected chi connectivity index (χ1v) is 12.3. The minimum Gasteiger partial charge on any atom is -0.466 e. The zero-order valence-electron chi connectivity index (χ0n) is 20.5. The Morgan fingerprint density at radius 2 is 1.89 bits per heavy atom. The predicted octanol–water partition coefficient (Wildman–Crippen LogP) is 2.93. The number of β-amino-alcohol motifs (C(OH)–C–C–N with tert-alkyl or cyclic N) is 1. The normalized spacial score (nSPS) is 17.0. The number of piperidine rings is 1. The Morgan fingerprint density at radius 1 is 1.20 bits per heavy atom. The number of anilines is 2. The Kier molecular flexibility index (Phi) is 8.65. The van der Waals surface area contributed by atoms with Crippen molar-refractivity contribution in [3.05, 3.63) is 33.9 Å². The molecular formula is C24H33BrN4O6. The fourth-order valence-electron chi connectivity index (χ4n) is 3.98. The van der Waals surface area contributed by atoms with Gasteiger partial charge in [-0.15, -0.1) is 0 Å². The number of esters is 1. The van der Waals surface area contributed by atoms with Crippen LogP contribution in [0.1, 0.15) is 33.6 Å². The maximum absolute atomic E-state index is 12.9. The van der Waals surface area contributed by atoms with Crippen molar-refractivity contribution in [3.8, 4) is 0 Å². The molecule has 0 radical (unpaired) electrons. The SMILES string of the molecule is COC(=O)C1=C(Nc2cc(Br)ccc2NC2CCN(C(=O)OC(C)(C)C)CC2)C(=O)N(CCO)C1. The molecule has 11 heteroatoms. The lowest BCUT2D eigenvalue weighted by Gasteiger charge is -2.34. The molecule has 10 nitrogen and oxygen atoms in total. The van der Waals surface area contributed by atoms with Gasteiger partial charge in [0.15, 0.2) is 0 Å². The number of aliphatic hydroxyl groups is 1. The van der Waals surface area contributed by atoms with Gasteiger partial charge in [-0.25, -0.2) is 9.59 Å².